The van der Waals surface area contributed by atoms with Crippen LogP contribution in [0.5, 0.6) is 0 Å². The van der Waals surface area contributed by atoms with Crippen molar-refractivity contribution >= 4 is 29.2 Å². The molecule has 0 heterocycles. The van der Waals surface area contributed by atoms with Gasteiger partial charge in [-0.3, -0.25) is 4.79 Å². The molecule has 0 amide bonds. The zero-order valence-corrected chi connectivity index (χ0v) is 13.0. The van der Waals surface area contributed by atoms with E-state index in [0.29, 0.717) is 16.0 Å². The molecular formula is C16H18Cl2O2. The van der Waals surface area contributed by atoms with Gasteiger partial charge < -0.3 is 4.74 Å². The van der Waals surface area contributed by atoms with Crippen molar-refractivity contribution in [3.05, 3.63) is 33.8 Å². The Balaban J connectivity index is 1.96. The molecule has 0 N–H and O–H groups in total. The van der Waals surface area contributed by atoms with E-state index in [9.17, 15) is 4.79 Å². The summed E-state index contributed by atoms with van der Waals surface area (Å²) in [6, 6.07) is 5.74. The molecule has 4 atom stereocenters. The van der Waals surface area contributed by atoms with E-state index >= 15 is 0 Å². The minimum atomic E-state index is -0.0774. The van der Waals surface area contributed by atoms with Crippen molar-refractivity contribution < 1.29 is 9.53 Å². The van der Waals surface area contributed by atoms with E-state index in [1.54, 1.807) is 0 Å². The normalized spacial score (nSPS) is 32.1. The lowest BCUT2D eigenvalue weighted by Crippen LogP contribution is -2.33. The summed E-state index contributed by atoms with van der Waals surface area (Å²) in [6.07, 6.45) is 4.59. The van der Waals surface area contributed by atoms with Crippen LogP contribution in [0.15, 0.2) is 18.2 Å². The first kappa shape index (κ1) is 14.2. The predicted molar refractivity (Wildman–Crippen MR) is 80.2 cm³/mol. The molecule has 0 saturated heterocycles. The van der Waals surface area contributed by atoms with Crippen LogP contribution in [0.3, 0.4) is 0 Å². The van der Waals surface area contributed by atoms with Gasteiger partial charge in [-0.1, -0.05) is 35.7 Å². The van der Waals surface area contributed by atoms with Gasteiger partial charge in [0.2, 0.25) is 0 Å². The highest BCUT2D eigenvalue weighted by molar-refractivity contribution is 6.42. The van der Waals surface area contributed by atoms with Crippen LogP contribution < -0.4 is 0 Å². The molecule has 0 unspecified atom stereocenters. The van der Waals surface area contributed by atoms with E-state index in [-0.39, 0.29) is 17.8 Å². The molecule has 1 aromatic carbocycles. The van der Waals surface area contributed by atoms with Crippen LogP contribution in [-0.4, -0.2) is 13.1 Å². The number of rotatable bonds is 2. The van der Waals surface area contributed by atoms with Crippen molar-refractivity contribution in [3.63, 3.8) is 0 Å². The number of fused-ring (bicyclic) bond motifs is 2. The van der Waals surface area contributed by atoms with Gasteiger partial charge in [-0.15, -0.1) is 0 Å². The zero-order valence-electron chi connectivity index (χ0n) is 11.4. The molecular weight excluding hydrogens is 295 g/mol. The number of carbonyl (C=O) groups is 1. The smallest absolute Gasteiger partial charge is 0.309 e. The number of ether oxygens (including phenoxy) is 1. The second-order valence-corrected chi connectivity index (χ2v) is 6.82. The summed E-state index contributed by atoms with van der Waals surface area (Å²) in [7, 11) is 1.48. The molecule has 20 heavy (non-hydrogen) atoms. The van der Waals surface area contributed by atoms with Gasteiger partial charge in [0.25, 0.3) is 0 Å². The summed E-state index contributed by atoms with van der Waals surface area (Å²) in [5, 5.41) is 1.12. The summed E-state index contributed by atoms with van der Waals surface area (Å²) >= 11 is 12.1. The fourth-order valence-electron chi connectivity index (χ4n) is 4.07. The van der Waals surface area contributed by atoms with Gasteiger partial charge in [-0.2, -0.15) is 0 Å². The lowest BCUT2D eigenvalue weighted by Gasteiger charge is -2.35. The number of esters is 1. The SMILES string of the molecule is COC(=O)[C@H]1[C@@H]2CC[C@@H](C2)C[C@@H]1c1ccc(Cl)c(Cl)c1. The molecule has 0 aromatic heterocycles. The minimum Gasteiger partial charge on any atom is -0.469 e. The van der Waals surface area contributed by atoms with Gasteiger partial charge in [-0.05, 0) is 54.7 Å². The Morgan fingerprint density at radius 1 is 1.20 bits per heavy atom. The molecule has 2 nitrogen and oxygen atoms in total. The quantitative estimate of drug-likeness (QED) is 0.741. The van der Waals surface area contributed by atoms with E-state index in [0.717, 1.165) is 30.7 Å². The van der Waals surface area contributed by atoms with Crippen molar-refractivity contribution in [2.45, 2.75) is 31.6 Å². The Bertz CT molecular complexity index is 529. The fraction of sp³-hybridized carbons (Fsp3) is 0.562. The predicted octanol–water partition coefficient (Wildman–Crippen LogP) is 4.69. The summed E-state index contributed by atoms with van der Waals surface area (Å²) in [5.41, 5.74) is 1.12. The van der Waals surface area contributed by atoms with Gasteiger partial charge in [0.15, 0.2) is 0 Å². The Morgan fingerprint density at radius 3 is 2.70 bits per heavy atom. The first-order valence-corrected chi connectivity index (χ1v) is 7.88. The molecule has 108 valence electrons. The van der Waals surface area contributed by atoms with Gasteiger partial charge in [0.05, 0.1) is 23.1 Å². The van der Waals surface area contributed by atoms with Crippen molar-refractivity contribution in [3.8, 4) is 0 Å². The average Bonchev–Trinajstić information content (AvgIpc) is 2.82. The number of hydrogen-bond acceptors (Lipinski definition) is 2. The first-order chi connectivity index (χ1) is 9.60. The van der Waals surface area contributed by atoms with Gasteiger partial charge in [-0.25, -0.2) is 0 Å². The molecule has 0 aliphatic heterocycles. The fourth-order valence-corrected chi connectivity index (χ4v) is 4.37. The molecule has 2 aliphatic rings. The maximum Gasteiger partial charge on any atom is 0.309 e. The van der Waals surface area contributed by atoms with Gasteiger partial charge >= 0.3 is 5.97 Å². The highest BCUT2D eigenvalue weighted by Gasteiger charge is 2.46. The Labute approximate surface area is 129 Å². The van der Waals surface area contributed by atoms with E-state index in [2.05, 4.69) is 0 Å². The van der Waals surface area contributed by atoms with Crippen molar-refractivity contribution in [1.82, 2.24) is 0 Å². The summed E-state index contributed by atoms with van der Waals surface area (Å²) in [4.78, 5) is 12.2. The van der Waals surface area contributed by atoms with Crippen LogP contribution in [0.1, 0.15) is 37.2 Å². The molecule has 2 fully saturated rings. The maximum atomic E-state index is 12.2. The second kappa shape index (κ2) is 5.57. The van der Waals surface area contributed by atoms with Crippen LogP contribution in [0, 0.1) is 17.8 Å². The summed E-state index contributed by atoms with van der Waals surface area (Å²) in [5.74, 6) is 1.30. The number of halogens is 2. The molecule has 0 spiro atoms. The molecule has 2 saturated carbocycles. The van der Waals surface area contributed by atoms with Crippen LogP contribution in [-0.2, 0) is 9.53 Å². The van der Waals surface area contributed by atoms with Crippen molar-refractivity contribution in [2.24, 2.45) is 17.8 Å². The zero-order chi connectivity index (χ0) is 14.3. The lowest BCUT2D eigenvalue weighted by molar-refractivity contribution is -0.149. The first-order valence-electron chi connectivity index (χ1n) is 7.13. The Kier molecular flexibility index (Phi) is 3.96. The summed E-state index contributed by atoms with van der Waals surface area (Å²) < 4.78 is 5.05. The maximum absolute atomic E-state index is 12.2. The lowest BCUT2D eigenvalue weighted by atomic mass is 9.69. The van der Waals surface area contributed by atoms with Crippen LogP contribution in [0.2, 0.25) is 10.0 Å². The van der Waals surface area contributed by atoms with Crippen LogP contribution >= 0.6 is 23.2 Å². The third-order valence-corrected chi connectivity index (χ3v) is 5.69. The largest absolute Gasteiger partial charge is 0.469 e. The average molecular weight is 313 g/mol. The van der Waals surface area contributed by atoms with Gasteiger partial charge in [0, 0.05) is 0 Å². The topological polar surface area (TPSA) is 26.3 Å². The molecule has 2 aliphatic carbocycles. The number of carbonyl (C=O) groups excluding carboxylic acids is 1. The van der Waals surface area contributed by atoms with Crippen molar-refractivity contribution in [2.75, 3.05) is 7.11 Å². The Hall–Kier alpha value is -0.730. The van der Waals surface area contributed by atoms with Crippen LogP contribution in [0.4, 0.5) is 0 Å². The number of benzene rings is 1. The molecule has 4 heteroatoms. The molecule has 3 rings (SSSR count). The minimum absolute atomic E-state index is 0.0315. The molecule has 0 radical (unpaired) electrons. The number of hydrogen-bond donors (Lipinski definition) is 0. The van der Waals surface area contributed by atoms with E-state index in [1.165, 1.54) is 13.5 Å². The van der Waals surface area contributed by atoms with Crippen molar-refractivity contribution in [1.29, 1.82) is 0 Å². The third kappa shape index (κ3) is 2.44. The third-order valence-electron chi connectivity index (χ3n) is 4.96. The molecule has 1 aromatic rings. The monoisotopic (exact) mass is 312 g/mol. The standard InChI is InChI=1S/C16H18Cl2O2/c1-20-16(19)15-11-3-2-9(6-11)7-12(15)10-4-5-13(17)14(18)8-10/h4-5,8-9,11-12,15H,2-3,6-7H2,1H3/t9-,11+,12+,15-/m0/s1. The summed E-state index contributed by atoms with van der Waals surface area (Å²) in [6.45, 7) is 0. The van der Waals surface area contributed by atoms with E-state index < -0.39 is 0 Å². The highest BCUT2D eigenvalue weighted by atomic mass is 35.5. The highest BCUT2D eigenvalue weighted by Crippen LogP contribution is 2.52. The molecule has 2 bridgehead atoms. The Morgan fingerprint density at radius 2 is 2.00 bits per heavy atom. The van der Waals surface area contributed by atoms with Crippen LogP contribution in [0.25, 0.3) is 0 Å². The van der Waals surface area contributed by atoms with E-state index in [1.807, 2.05) is 18.2 Å². The second-order valence-electron chi connectivity index (χ2n) is 6.00. The van der Waals surface area contributed by atoms with Gasteiger partial charge in [0.1, 0.15) is 0 Å². The number of methoxy groups -OCH3 is 1. The van der Waals surface area contributed by atoms with E-state index in [4.69, 9.17) is 27.9 Å².